The number of halogens is 1. The van der Waals surface area contributed by atoms with Crippen LogP contribution < -0.4 is 9.47 Å². The molecular weight excluding hydrogens is 441 g/mol. The molecule has 1 fully saturated rings. The molecular formula is C20H22IN3O2. The number of benzene rings is 1. The Hall–Kier alpha value is -1.82. The summed E-state index contributed by atoms with van der Waals surface area (Å²) in [5.41, 5.74) is 3.30. The summed E-state index contributed by atoms with van der Waals surface area (Å²) in [5.74, 6) is 3.96. The van der Waals surface area contributed by atoms with E-state index < -0.39 is 0 Å². The lowest BCUT2D eigenvalue weighted by molar-refractivity contribution is 0.148. The van der Waals surface area contributed by atoms with Gasteiger partial charge in [-0.05, 0) is 17.2 Å². The fraction of sp³-hybridized carbons (Fsp3) is 0.350. The Balaban J connectivity index is 1.79. The summed E-state index contributed by atoms with van der Waals surface area (Å²) in [4.78, 5) is 6.70. The molecule has 0 radical (unpaired) electrons. The first kappa shape index (κ1) is 19.0. The monoisotopic (exact) mass is 463 g/mol. The van der Waals surface area contributed by atoms with Crippen molar-refractivity contribution in [2.45, 2.75) is 12.6 Å². The molecule has 0 amide bonds. The lowest BCUT2D eigenvalue weighted by atomic mass is 9.98. The highest BCUT2D eigenvalue weighted by atomic mass is 127. The summed E-state index contributed by atoms with van der Waals surface area (Å²) >= 11 is 2.41. The van der Waals surface area contributed by atoms with Crippen LogP contribution in [0.3, 0.4) is 0 Å². The topological polar surface area (TPSA) is 37.8 Å². The third-order valence-electron chi connectivity index (χ3n) is 4.54. The average Bonchev–Trinajstić information content (AvgIpc) is 2.69. The van der Waals surface area contributed by atoms with Crippen molar-refractivity contribution < 1.29 is 9.47 Å². The van der Waals surface area contributed by atoms with Gasteiger partial charge in [-0.2, -0.15) is 4.98 Å². The summed E-state index contributed by atoms with van der Waals surface area (Å²) in [6.45, 7) is 3.69. The predicted molar refractivity (Wildman–Crippen MR) is 110 cm³/mol. The number of pyridine rings is 1. The largest absolute Gasteiger partial charge is 0.481 e. The van der Waals surface area contributed by atoms with E-state index in [2.05, 4.69) is 53.9 Å². The van der Waals surface area contributed by atoms with Crippen molar-refractivity contribution in [3.63, 3.8) is 0 Å². The van der Waals surface area contributed by atoms with E-state index in [-0.39, 0.29) is 6.04 Å². The molecule has 26 heavy (non-hydrogen) atoms. The van der Waals surface area contributed by atoms with E-state index in [0.717, 1.165) is 37.3 Å². The number of terminal acetylenes is 1. The van der Waals surface area contributed by atoms with Crippen LogP contribution in [0.5, 0.6) is 11.8 Å². The van der Waals surface area contributed by atoms with Crippen LogP contribution in [0.4, 0.5) is 0 Å². The van der Waals surface area contributed by atoms with Crippen LogP contribution in [0.25, 0.3) is 0 Å². The molecule has 0 saturated carbocycles. The fourth-order valence-corrected chi connectivity index (χ4v) is 3.91. The molecule has 6 heteroatoms. The Labute approximate surface area is 168 Å². The van der Waals surface area contributed by atoms with Crippen molar-refractivity contribution in [3.8, 4) is 24.1 Å². The molecule has 1 aromatic carbocycles. The van der Waals surface area contributed by atoms with Crippen LogP contribution in [0.15, 0.2) is 36.4 Å². The lowest BCUT2D eigenvalue weighted by Gasteiger charge is -2.38. The van der Waals surface area contributed by atoms with Crippen LogP contribution in [0.1, 0.15) is 22.7 Å². The number of piperazine rings is 1. The van der Waals surface area contributed by atoms with Crippen LogP contribution >= 0.6 is 22.9 Å². The second kappa shape index (κ2) is 8.71. The van der Waals surface area contributed by atoms with Gasteiger partial charge in [0.2, 0.25) is 11.8 Å². The highest BCUT2D eigenvalue weighted by Crippen LogP contribution is 2.31. The average molecular weight is 463 g/mol. The van der Waals surface area contributed by atoms with Gasteiger partial charge in [0, 0.05) is 66.7 Å². The maximum atomic E-state index is 5.71. The van der Waals surface area contributed by atoms with E-state index in [9.17, 15) is 0 Å². The summed E-state index contributed by atoms with van der Waals surface area (Å²) in [7, 11) is 3.24. The van der Waals surface area contributed by atoms with Gasteiger partial charge in [0.05, 0.1) is 20.3 Å². The number of nitrogens with zero attached hydrogens (tertiary/aromatic N) is 3. The summed E-state index contributed by atoms with van der Waals surface area (Å²) in [6.07, 6.45) is 5.71. The van der Waals surface area contributed by atoms with Gasteiger partial charge >= 0.3 is 0 Å². The van der Waals surface area contributed by atoms with Crippen molar-refractivity contribution in [2.75, 3.05) is 33.9 Å². The van der Waals surface area contributed by atoms with E-state index in [1.165, 1.54) is 5.56 Å². The lowest BCUT2D eigenvalue weighted by Crippen LogP contribution is -2.44. The molecule has 1 aliphatic heterocycles. The minimum absolute atomic E-state index is 0.266. The maximum Gasteiger partial charge on any atom is 0.216 e. The first-order valence-corrected chi connectivity index (χ1v) is 9.40. The van der Waals surface area contributed by atoms with Gasteiger partial charge in [0.15, 0.2) is 0 Å². The Morgan fingerprint density at radius 1 is 1.19 bits per heavy atom. The Morgan fingerprint density at radius 2 is 1.88 bits per heavy atom. The molecule has 1 aromatic heterocycles. The number of hydrogen-bond donors (Lipinski definition) is 0. The first-order valence-electron chi connectivity index (χ1n) is 8.44. The normalized spacial score (nSPS) is 18.3. The predicted octanol–water partition coefficient (Wildman–Crippen LogP) is 3.29. The van der Waals surface area contributed by atoms with E-state index >= 15 is 0 Å². The molecule has 2 aromatic rings. The zero-order valence-electron chi connectivity index (χ0n) is 15.0. The number of ether oxygens (including phenoxy) is 2. The van der Waals surface area contributed by atoms with E-state index in [4.69, 9.17) is 15.9 Å². The van der Waals surface area contributed by atoms with Gasteiger partial charge in [0.25, 0.3) is 0 Å². The number of rotatable bonds is 5. The van der Waals surface area contributed by atoms with Gasteiger partial charge in [0.1, 0.15) is 0 Å². The smallest absolute Gasteiger partial charge is 0.216 e. The second-order valence-corrected chi connectivity index (χ2v) is 7.41. The van der Waals surface area contributed by atoms with Crippen LogP contribution in [0, 0.1) is 12.3 Å². The highest BCUT2D eigenvalue weighted by molar-refractivity contribution is 14.1. The third kappa shape index (κ3) is 4.29. The SMILES string of the molecule is C#Cc1ccccc1C1CN(Cc2cc(OC)nc(OC)c2)CCN1I. The maximum absolute atomic E-state index is 5.71. The second-order valence-electron chi connectivity index (χ2n) is 6.17. The summed E-state index contributed by atoms with van der Waals surface area (Å²) in [5, 5.41) is 0. The molecule has 0 N–H and O–H groups in total. The standard InChI is InChI=1S/C20H22IN3O2/c1-4-16-7-5-6-8-17(16)18-14-23(9-10-24(18)21)13-15-11-19(25-2)22-20(12-15)26-3/h1,5-8,11-12,18H,9-10,13-14H2,2-3H3. The molecule has 0 aliphatic carbocycles. The van der Waals surface area contributed by atoms with Crippen LogP contribution in [-0.4, -0.2) is 46.9 Å². The first-order chi connectivity index (χ1) is 12.6. The molecule has 3 rings (SSSR count). The molecule has 2 heterocycles. The molecule has 136 valence electrons. The molecule has 5 nitrogen and oxygen atoms in total. The van der Waals surface area contributed by atoms with Gasteiger partial charge in [-0.25, -0.2) is 3.11 Å². The van der Waals surface area contributed by atoms with Gasteiger partial charge in [-0.15, -0.1) is 6.42 Å². The molecule has 1 atom stereocenters. The van der Waals surface area contributed by atoms with Crippen LogP contribution in [0.2, 0.25) is 0 Å². The minimum atomic E-state index is 0.266. The van der Waals surface area contributed by atoms with E-state index in [1.807, 2.05) is 24.3 Å². The molecule has 1 unspecified atom stereocenters. The van der Waals surface area contributed by atoms with E-state index in [0.29, 0.717) is 11.8 Å². The van der Waals surface area contributed by atoms with Gasteiger partial charge in [-0.1, -0.05) is 24.1 Å². The van der Waals surface area contributed by atoms with Crippen molar-refractivity contribution in [3.05, 3.63) is 53.1 Å². The van der Waals surface area contributed by atoms with E-state index in [1.54, 1.807) is 14.2 Å². The van der Waals surface area contributed by atoms with Gasteiger partial charge < -0.3 is 9.47 Å². The van der Waals surface area contributed by atoms with Crippen molar-refractivity contribution in [1.82, 2.24) is 13.0 Å². The molecule has 0 spiro atoms. The van der Waals surface area contributed by atoms with Crippen LogP contribution in [-0.2, 0) is 6.54 Å². The Morgan fingerprint density at radius 3 is 2.54 bits per heavy atom. The van der Waals surface area contributed by atoms with Crippen molar-refractivity contribution in [1.29, 1.82) is 0 Å². The highest BCUT2D eigenvalue weighted by Gasteiger charge is 2.28. The third-order valence-corrected chi connectivity index (χ3v) is 5.69. The molecule has 0 bridgehead atoms. The van der Waals surface area contributed by atoms with Crippen molar-refractivity contribution in [2.24, 2.45) is 0 Å². The summed E-state index contributed by atoms with van der Waals surface area (Å²) in [6, 6.07) is 12.4. The van der Waals surface area contributed by atoms with Gasteiger partial charge in [-0.3, -0.25) is 4.90 Å². The number of methoxy groups -OCH3 is 2. The zero-order valence-corrected chi connectivity index (χ0v) is 17.1. The fourth-order valence-electron chi connectivity index (χ4n) is 3.22. The number of hydrogen-bond acceptors (Lipinski definition) is 5. The Bertz CT molecular complexity index is 784. The Kier molecular flexibility index (Phi) is 6.35. The zero-order chi connectivity index (χ0) is 18.5. The van der Waals surface area contributed by atoms with Crippen molar-refractivity contribution >= 4 is 22.9 Å². The summed E-state index contributed by atoms with van der Waals surface area (Å²) < 4.78 is 12.9. The molecule has 1 saturated heterocycles. The quantitative estimate of drug-likeness (QED) is 0.387. The number of aromatic nitrogens is 1. The molecule has 1 aliphatic rings. The minimum Gasteiger partial charge on any atom is -0.481 e.